The zero-order valence-electron chi connectivity index (χ0n) is 12.5. The van der Waals surface area contributed by atoms with Crippen LogP contribution in [0.3, 0.4) is 0 Å². The van der Waals surface area contributed by atoms with Crippen LogP contribution in [-0.4, -0.2) is 50.3 Å². The predicted octanol–water partition coefficient (Wildman–Crippen LogP) is 0.782. The SMILES string of the molecule is CCOC(=O)C[C@@H]1C(=O)NCCN1S(=O)(=O)c1ccc(Cl)cc1. The highest BCUT2D eigenvalue weighted by Gasteiger charge is 2.39. The van der Waals surface area contributed by atoms with E-state index in [1.807, 2.05) is 0 Å². The van der Waals surface area contributed by atoms with Crippen molar-refractivity contribution in [2.75, 3.05) is 19.7 Å². The number of esters is 1. The van der Waals surface area contributed by atoms with Gasteiger partial charge in [-0.15, -0.1) is 0 Å². The molecule has 1 aliphatic heterocycles. The van der Waals surface area contributed by atoms with E-state index in [2.05, 4.69) is 5.32 Å². The van der Waals surface area contributed by atoms with Gasteiger partial charge in [-0.2, -0.15) is 4.31 Å². The van der Waals surface area contributed by atoms with Crippen LogP contribution in [0, 0.1) is 0 Å². The van der Waals surface area contributed by atoms with Crippen LogP contribution in [-0.2, 0) is 24.3 Å². The smallest absolute Gasteiger partial charge is 0.307 e. The number of piperazine rings is 1. The monoisotopic (exact) mass is 360 g/mol. The third-order valence-corrected chi connectivity index (χ3v) is 5.54. The summed E-state index contributed by atoms with van der Waals surface area (Å²) in [6, 6.07) is 4.53. The zero-order chi connectivity index (χ0) is 17.0. The molecule has 0 radical (unpaired) electrons. The fourth-order valence-corrected chi connectivity index (χ4v) is 4.01. The number of amides is 1. The Balaban J connectivity index is 2.30. The molecule has 1 aliphatic rings. The maximum Gasteiger partial charge on any atom is 0.307 e. The minimum absolute atomic E-state index is 0.0189. The predicted molar refractivity (Wildman–Crippen MR) is 83.4 cm³/mol. The van der Waals surface area contributed by atoms with Crippen LogP contribution in [0.2, 0.25) is 5.02 Å². The number of ether oxygens (including phenoxy) is 1. The number of carbonyl (C=O) groups is 2. The largest absolute Gasteiger partial charge is 0.466 e. The van der Waals surface area contributed by atoms with Crippen molar-refractivity contribution in [2.24, 2.45) is 0 Å². The standard InChI is InChI=1S/C14H17ClN2O5S/c1-2-22-13(18)9-12-14(19)16-7-8-17(12)23(20,21)11-5-3-10(15)4-6-11/h3-6,12H,2,7-9H2,1H3,(H,16,19)/t12-/m1/s1. The summed E-state index contributed by atoms with van der Waals surface area (Å²) in [5.41, 5.74) is 0. The molecule has 0 aromatic heterocycles. The number of carbonyl (C=O) groups excluding carboxylic acids is 2. The summed E-state index contributed by atoms with van der Waals surface area (Å²) in [4.78, 5) is 23.7. The van der Waals surface area contributed by atoms with E-state index >= 15 is 0 Å². The normalized spacial score (nSPS) is 19.2. The molecule has 0 unspecified atom stereocenters. The number of benzene rings is 1. The molecule has 2 rings (SSSR count). The summed E-state index contributed by atoms with van der Waals surface area (Å²) < 4.78 is 31.3. The van der Waals surface area contributed by atoms with Gasteiger partial charge in [0.05, 0.1) is 17.9 Å². The van der Waals surface area contributed by atoms with Crippen LogP contribution in [0.4, 0.5) is 0 Å². The molecular formula is C14H17ClN2O5S. The topological polar surface area (TPSA) is 92.8 Å². The fraction of sp³-hybridized carbons (Fsp3) is 0.429. The molecule has 0 spiro atoms. The van der Waals surface area contributed by atoms with Crippen LogP contribution >= 0.6 is 11.6 Å². The summed E-state index contributed by atoms with van der Waals surface area (Å²) in [5.74, 6) is -1.13. The number of hydrogen-bond acceptors (Lipinski definition) is 5. The maximum absolute atomic E-state index is 12.7. The van der Waals surface area contributed by atoms with Gasteiger partial charge in [0.15, 0.2) is 0 Å². The van der Waals surface area contributed by atoms with Gasteiger partial charge in [0, 0.05) is 18.1 Å². The highest BCUT2D eigenvalue weighted by molar-refractivity contribution is 7.89. The molecule has 23 heavy (non-hydrogen) atoms. The molecule has 1 heterocycles. The highest BCUT2D eigenvalue weighted by atomic mass is 35.5. The molecule has 9 heteroatoms. The lowest BCUT2D eigenvalue weighted by Gasteiger charge is -2.33. The van der Waals surface area contributed by atoms with E-state index in [9.17, 15) is 18.0 Å². The van der Waals surface area contributed by atoms with Gasteiger partial charge in [0.25, 0.3) is 0 Å². The van der Waals surface area contributed by atoms with Crippen molar-refractivity contribution in [3.05, 3.63) is 29.3 Å². The summed E-state index contributed by atoms with van der Waals surface area (Å²) in [6.45, 7) is 2.07. The lowest BCUT2D eigenvalue weighted by molar-refractivity contribution is -0.146. The van der Waals surface area contributed by atoms with Gasteiger partial charge >= 0.3 is 5.97 Å². The van der Waals surface area contributed by atoms with Crippen LogP contribution in [0.5, 0.6) is 0 Å². The van der Waals surface area contributed by atoms with Gasteiger partial charge in [-0.1, -0.05) is 11.6 Å². The molecule has 1 aromatic carbocycles. The first kappa shape index (κ1) is 17.7. The number of rotatable bonds is 5. The number of hydrogen-bond donors (Lipinski definition) is 1. The average Bonchev–Trinajstić information content (AvgIpc) is 2.50. The second-order valence-corrected chi connectivity index (χ2v) is 7.21. The maximum atomic E-state index is 12.7. The van der Waals surface area contributed by atoms with E-state index in [0.717, 1.165) is 4.31 Å². The minimum atomic E-state index is -3.92. The van der Waals surface area contributed by atoms with Crippen molar-refractivity contribution < 1.29 is 22.7 Å². The van der Waals surface area contributed by atoms with Gasteiger partial charge in [-0.3, -0.25) is 9.59 Å². The third-order valence-electron chi connectivity index (χ3n) is 3.37. The zero-order valence-corrected chi connectivity index (χ0v) is 14.1. The second kappa shape index (κ2) is 7.29. The van der Waals surface area contributed by atoms with Gasteiger partial charge in [-0.05, 0) is 31.2 Å². The summed E-state index contributed by atoms with van der Waals surface area (Å²) in [7, 11) is -3.92. The Bertz CT molecular complexity index is 690. The first-order chi connectivity index (χ1) is 10.9. The second-order valence-electron chi connectivity index (χ2n) is 4.89. The van der Waals surface area contributed by atoms with Crippen molar-refractivity contribution in [3.8, 4) is 0 Å². The van der Waals surface area contributed by atoms with E-state index < -0.39 is 27.9 Å². The molecule has 1 atom stereocenters. The summed E-state index contributed by atoms with van der Waals surface area (Å²) in [6.07, 6.45) is -0.327. The quantitative estimate of drug-likeness (QED) is 0.783. The number of sulfonamides is 1. The Labute approximate surface area is 139 Å². The van der Waals surface area contributed by atoms with Gasteiger partial charge in [0.2, 0.25) is 15.9 Å². The lowest BCUT2D eigenvalue weighted by atomic mass is 10.1. The van der Waals surface area contributed by atoms with E-state index in [1.54, 1.807) is 6.92 Å². The summed E-state index contributed by atoms with van der Waals surface area (Å²) >= 11 is 5.77. The first-order valence-corrected chi connectivity index (χ1v) is 8.89. The molecule has 0 bridgehead atoms. The Kier molecular flexibility index (Phi) is 5.61. The third kappa shape index (κ3) is 4.01. The molecule has 0 saturated carbocycles. The Morgan fingerprint density at radius 1 is 1.39 bits per heavy atom. The van der Waals surface area contributed by atoms with Crippen LogP contribution in [0.25, 0.3) is 0 Å². The van der Waals surface area contributed by atoms with Crippen molar-refractivity contribution in [3.63, 3.8) is 0 Å². The van der Waals surface area contributed by atoms with Crippen molar-refractivity contribution in [1.29, 1.82) is 0 Å². The fourth-order valence-electron chi connectivity index (χ4n) is 2.30. The van der Waals surface area contributed by atoms with Gasteiger partial charge in [-0.25, -0.2) is 8.42 Å². The number of nitrogens with zero attached hydrogens (tertiary/aromatic N) is 1. The molecule has 1 saturated heterocycles. The van der Waals surface area contributed by atoms with Crippen molar-refractivity contribution in [1.82, 2.24) is 9.62 Å². The van der Waals surface area contributed by atoms with Gasteiger partial charge < -0.3 is 10.1 Å². The Morgan fingerprint density at radius 3 is 2.65 bits per heavy atom. The average molecular weight is 361 g/mol. The van der Waals surface area contributed by atoms with Crippen LogP contribution < -0.4 is 5.32 Å². The Hall–Kier alpha value is -1.64. The number of halogens is 1. The van der Waals surface area contributed by atoms with Crippen LogP contribution in [0.1, 0.15) is 13.3 Å². The molecule has 1 fully saturated rings. The first-order valence-electron chi connectivity index (χ1n) is 7.07. The molecule has 1 N–H and O–H groups in total. The van der Waals surface area contributed by atoms with Gasteiger partial charge in [0.1, 0.15) is 6.04 Å². The highest BCUT2D eigenvalue weighted by Crippen LogP contribution is 2.23. The molecule has 1 aromatic rings. The van der Waals surface area contributed by atoms with E-state index in [0.29, 0.717) is 5.02 Å². The molecular weight excluding hydrogens is 344 g/mol. The minimum Gasteiger partial charge on any atom is -0.466 e. The van der Waals surface area contributed by atoms with E-state index in [1.165, 1.54) is 24.3 Å². The van der Waals surface area contributed by atoms with E-state index in [-0.39, 0.29) is 31.0 Å². The van der Waals surface area contributed by atoms with E-state index in [4.69, 9.17) is 16.3 Å². The Morgan fingerprint density at radius 2 is 2.04 bits per heavy atom. The molecule has 1 amide bonds. The van der Waals surface area contributed by atoms with Crippen molar-refractivity contribution >= 4 is 33.5 Å². The van der Waals surface area contributed by atoms with Crippen molar-refractivity contribution in [2.45, 2.75) is 24.3 Å². The number of nitrogens with one attached hydrogen (secondary N) is 1. The molecule has 7 nitrogen and oxygen atoms in total. The molecule has 0 aliphatic carbocycles. The van der Waals surface area contributed by atoms with Crippen LogP contribution in [0.15, 0.2) is 29.2 Å². The lowest BCUT2D eigenvalue weighted by Crippen LogP contribution is -2.57. The summed E-state index contributed by atoms with van der Waals surface area (Å²) in [5, 5.41) is 2.97. The molecule has 126 valence electrons.